The number of amides is 1. The van der Waals surface area contributed by atoms with Crippen LogP contribution in [0, 0.1) is 5.92 Å². The molecule has 0 saturated carbocycles. The average Bonchev–Trinajstić information content (AvgIpc) is 2.94. The van der Waals surface area contributed by atoms with Gasteiger partial charge in [0.15, 0.2) is 0 Å². The van der Waals surface area contributed by atoms with Gasteiger partial charge in [0, 0.05) is 19.5 Å². The molecule has 1 aromatic rings. The molecule has 0 aliphatic carbocycles. The van der Waals surface area contributed by atoms with Crippen LogP contribution < -0.4 is 10.5 Å². The normalized spacial score (nSPS) is 22.6. The van der Waals surface area contributed by atoms with Crippen molar-refractivity contribution in [2.24, 2.45) is 11.7 Å². The van der Waals surface area contributed by atoms with Crippen LogP contribution in [-0.4, -0.2) is 38.3 Å². The van der Waals surface area contributed by atoms with E-state index in [-0.39, 0.29) is 11.4 Å². The van der Waals surface area contributed by atoms with Gasteiger partial charge in [-0.05, 0) is 36.6 Å². The van der Waals surface area contributed by atoms with E-state index in [0.717, 1.165) is 17.7 Å². The SMILES string of the molecule is NC(=O)[C@@H]1CCCN(S(=O)(=O)c2ccc3c(c2)CCO3)C1. The van der Waals surface area contributed by atoms with Crippen molar-refractivity contribution in [1.29, 1.82) is 0 Å². The third kappa shape index (κ3) is 2.63. The minimum absolute atomic E-state index is 0.172. The van der Waals surface area contributed by atoms with Gasteiger partial charge < -0.3 is 10.5 Å². The Morgan fingerprint density at radius 1 is 1.38 bits per heavy atom. The minimum Gasteiger partial charge on any atom is -0.493 e. The molecule has 114 valence electrons. The fraction of sp³-hybridized carbons (Fsp3) is 0.500. The van der Waals surface area contributed by atoms with Gasteiger partial charge in [0.1, 0.15) is 5.75 Å². The predicted molar refractivity (Wildman–Crippen MR) is 76.3 cm³/mol. The summed E-state index contributed by atoms with van der Waals surface area (Å²) in [7, 11) is -3.58. The van der Waals surface area contributed by atoms with Crippen LogP contribution in [0.15, 0.2) is 23.1 Å². The Morgan fingerprint density at radius 3 is 2.95 bits per heavy atom. The highest BCUT2D eigenvalue weighted by atomic mass is 32.2. The van der Waals surface area contributed by atoms with Crippen LogP contribution in [-0.2, 0) is 21.2 Å². The third-order valence-corrected chi connectivity index (χ3v) is 5.95. The van der Waals surface area contributed by atoms with Crippen molar-refractivity contribution in [2.75, 3.05) is 19.7 Å². The number of nitrogens with two attached hydrogens (primary N) is 1. The lowest BCUT2D eigenvalue weighted by atomic mass is 9.99. The van der Waals surface area contributed by atoms with E-state index < -0.39 is 21.8 Å². The first-order valence-electron chi connectivity index (χ1n) is 7.03. The quantitative estimate of drug-likeness (QED) is 0.880. The van der Waals surface area contributed by atoms with E-state index in [1.807, 2.05) is 0 Å². The molecule has 6 nitrogen and oxygen atoms in total. The van der Waals surface area contributed by atoms with E-state index in [9.17, 15) is 13.2 Å². The topological polar surface area (TPSA) is 89.7 Å². The number of carbonyl (C=O) groups is 1. The summed E-state index contributed by atoms with van der Waals surface area (Å²) >= 11 is 0. The van der Waals surface area contributed by atoms with E-state index in [1.165, 1.54) is 4.31 Å². The Kier molecular flexibility index (Phi) is 3.62. The van der Waals surface area contributed by atoms with Crippen LogP contribution in [0.1, 0.15) is 18.4 Å². The predicted octanol–water partition coefficient (Wildman–Crippen LogP) is 0.507. The zero-order chi connectivity index (χ0) is 15.0. The van der Waals surface area contributed by atoms with Crippen LogP contribution >= 0.6 is 0 Å². The van der Waals surface area contributed by atoms with Gasteiger partial charge in [-0.3, -0.25) is 4.79 Å². The molecule has 2 aliphatic heterocycles. The number of nitrogens with zero attached hydrogens (tertiary/aromatic N) is 1. The zero-order valence-electron chi connectivity index (χ0n) is 11.6. The number of primary amides is 1. The summed E-state index contributed by atoms with van der Waals surface area (Å²) in [5.41, 5.74) is 6.22. The number of hydrogen-bond donors (Lipinski definition) is 1. The van der Waals surface area contributed by atoms with Gasteiger partial charge in [0.25, 0.3) is 0 Å². The Morgan fingerprint density at radius 2 is 2.19 bits per heavy atom. The van der Waals surface area contributed by atoms with Gasteiger partial charge in [-0.1, -0.05) is 0 Å². The molecule has 2 heterocycles. The largest absolute Gasteiger partial charge is 0.493 e. The molecule has 1 atom stereocenters. The van der Waals surface area contributed by atoms with Crippen molar-refractivity contribution < 1.29 is 17.9 Å². The second kappa shape index (κ2) is 5.31. The Balaban J connectivity index is 1.88. The highest BCUT2D eigenvalue weighted by Gasteiger charge is 2.33. The van der Waals surface area contributed by atoms with E-state index in [2.05, 4.69) is 0 Å². The lowest BCUT2D eigenvalue weighted by molar-refractivity contribution is -0.122. The molecule has 2 aliphatic rings. The molecule has 21 heavy (non-hydrogen) atoms. The third-order valence-electron chi connectivity index (χ3n) is 4.09. The molecule has 3 rings (SSSR count). The number of benzene rings is 1. The Labute approximate surface area is 123 Å². The first kappa shape index (κ1) is 14.3. The first-order valence-corrected chi connectivity index (χ1v) is 8.47. The van der Waals surface area contributed by atoms with Crippen molar-refractivity contribution in [2.45, 2.75) is 24.2 Å². The fourth-order valence-corrected chi connectivity index (χ4v) is 4.44. The second-order valence-electron chi connectivity index (χ2n) is 5.47. The number of rotatable bonds is 3. The van der Waals surface area contributed by atoms with Crippen LogP contribution in [0.5, 0.6) is 5.75 Å². The van der Waals surface area contributed by atoms with Gasteiger partial charge in [0.2, 0.25) is 15.9 Å². The van der Waals surface area contributed by atoms with E-state index in [4.69, 9.17) is 10.5 Å². The molecule has 0 aromatic heterocycles. The minimum atomic E-state index is -3.58. The monoisotopic (exact) mass is 310 g/mol. The number of sulfonamides is 1. The van der Waals surface area contributed by atoms with Crippen LogP contribution in [0.3, 0.4) is 0 Å². The molecule has 0 bridgehead atoms. The number of piperidine rings is 1. The molecule has 0 radical (unpaired) electrons. The molecule has 1 saturated heterocycles. The zero-order valence-corrected chi connectivity index (χ0v) is 12.4. The second-order valence-corrected chi connectivity index (χ2v) is 7.41. The molecule has 7 heteroatoms. The van der Waals surface area contributed by atoms with Gasteiger partial charge in [-0.15, -0.1) is 0 Å². The lowest BCUT2D eigenvalue weighted by Gasteiger charge is -2.30. The maximum atomic E-state index is 12.7. The van der Waals surface area contributed by atoms with Crippen LogP contribution in [0.4, 0.5) is 0 Å². The van der Waals surface area contributed by atoms with Crippen LogP contribution in [0.25, 0.3) is 0 Å². The highest BCUT2D eigenvalue weighted by molar-refractivity contribution is 7.89. The molecule has 0 spiro atoms. The van der Waals surface area contributed by atoms with Gasteiger partial charge >= 0.3 is 0 Å². The van der Waals surface area contributed by atoms with Crippen molar-refractivity contribution in [3.8, 4) is 5.75 Å². The standard InChI is InChI=1S/C14H18N2O4S/c15-14(17)11-2-1-6-16(9-11)21(18,19)12-3-4-13-10(8-12)5-7-20-13/h3-4,8,11H,1-2,5-7,9H2,(H2,15,17)/t11-/m1/s1. The first-order chi connectivity index (χ1) is 9.98. The highest BCUT2D eigenvalue weighted by Crippen LogP contribution is 2.30. The van der Waals surface area contributed by atoms with Gasteiger partial charge in [-0.2, -0.15) is 4.31 Å². The van der Waals surface area contributed by atoms with E-state index >= 15 is 0 Å². The average molecular weight is 310 g/mol. The summed E-state index contributed by atoms with van der Waals surface area (Å²) in [6, 6.07) is 4.93. The molecule has 1 fully saturated rings. The van der Waals surface area contributed by atoms with E-state index in [1.54, 1.807) is 18.2 Å². The molecule has 0 unspecified atom stereocenters. The number of fused-ring (bicyclic) bond motifs is 1. The van der Waals surface area contributed by atoms with Crippen molar-refractivity contribution in [3.63, 3.8) is 0 Å². The maximum absolute atomic E-state index is 12.7. The Bertz CT molecular complexity index is 672. The summed E-state index contributed by atoms with van der Waals surface area (Å²) in [6.07, 6.45) is 2.03. The lowest BCUT2D eigenvalue weighted by Crippen LogP contribution is -2.44. The van der Waals surface area contributed by atoms with Crippen molar-refractivity contribution >= 4 is 15.9 Å². The summed E-state index contributed by atoms with van der Waals surface area (Å²) < 4.78 is 32.1. The summed E-state index contributed by atoms with van der Waals surface area (Å²) in [4.78, 5) is 11.6. The summed E-state index contributed by atoms with van der Waals surface area (Å²) in [5.74, 6) is -0.0776. The number of hydrogen-bond acceptors (Lipinski definition) is 4. The van der Waals surface area contributed by atoms with Crippen LogP contribution in [0.2, 0.25) is 0 Å². The van der Waals surface area contributed by atoms with Gasteiger partial charge in [-0.25, -0.2) is 8.42 Å². The smallest absolute Gasteiger partial charge is 0.243 e. The van der Waals surface area contributed by atoms with E-state index in [0.29, 0.717) is 26.0 Å². The van der Waals surface area contributed by atoms with Crippen molar-refractivity contribution in [1.82, 2.24) is 4.31 Å². The molecule has 2 N–H and O–H groups in total. The maximum Gasteiger partial charge on any atom is 0.243 e. The molecule has 1 aromatic carbocycles. The van der Waals surface area contributed by atoms with Gasteiger partial charge in [0.05, 0.1) is 17.4 Å². The molecule has 1 amide bonds. The summed E-state index contributed by atoms with van der Waals surface area (Å²) in [6.45, 7) is 1.19. The number of ether oxygens (including phenoxy) is 1. The number of carbonyl (C=O) groups excluding carboxylic acids is 1. The Hall–Kier alpha value is -1.60. The molecular formula is C14H18N2O4S. The summed E-state index contributed by atoms with van der Waals surface area (Å²) in [5, 5.41) is 0. The van der Waals surface area contributed by atoms with Crippen molar-refractivity contribution in [3.05, 3.63) is 23.8 Å². The molecular weight excluding hydrogens is 292 g/mol. The fourth-order valence-electron chi connectivity index (χ4n) is 2.87.